The summed E-state index contributed by atoms with van der Waals surface area (Å²) in [5, 5.41) is 0. The average molecular weight is 251 g/mol. The summed E-state index contributed by atoms with van der Waals surface area (Å²) in [7, 11) is 0. The Balaban J connectivity index is 3.07. The van der Waals surface area contributed by atoms with Gasteiger partial charge < -0.3 is 0 Å². The zero-order chi connectivity index (χ0) is 4.83. The Labute approximate surface area is 49.8 Å². The van der Waals surface area contributed by atoms with Gasteiger partial charge in [0.2, 0.25) is 0 Å². The summed E-state index contributed by atoms with van der Waals surface area (Å²) >= 11 is 1.50. The van der Waals surface area contributed by atoms with E-state index in [4.69, 9.17) is 0 Å². The van der Waals surface area contributed by atoms with Crippen LogP contribution in [0, 0.1) is 0 Å². The van der Waals surface area contributed by atoms with Gasteiger partial charge >= 0.3 is 49.4 Å². The van der Waals surface area contributed by atoms with Crippen molar-refractivity contribution in [3.63, 3.8) is 0 Å². The van der Waals surface area contributed by atoms with Gasteiger partial charge in [-0.2, -0.15) is 0 Å². The van der Waals surface area contributed by atoms with Crippen LogP contribution in [0.15, 0.2) is 22.7 Å². The van der Waals surface area contributed by atoms with Gasteiger partial charge in [-0.05, 0) is 0 Å². The summed E-state index contributed by atoms with van der Waals surface area (Å²) in [4.78, 5) is 0. The summed E-state index contributed by atoms with van der Waals surface area (Å²) in [6.45, 7) is 2.01. The van der Waals surface area contributed by atoms with Crippen LogP contribution in [0.4, 0.5) is 0 Å². The molecule has 0 amide bonds. The van der Waals surface area contributed by atoms with Crippen LogP contribution in [-0.4, -0.2) is 0 Å². The monoisotopic (exact) mass is 251 g/mol. The van der Waals surface area contributed by atoms with E-state index in [-0.39, 0.29) is 0 Å². The molecule has 0 aliphatic rings. The van der Waals surface area contributed by atoms with Gasteiger partial charge in [0, 0.05) is 0 Å². The van der Waals surface area contributed by atoms with Crippen LogP contribution in [0.3, 0.4) is 0 Å². The average Bonchev–Trinajstić information content (AvgIpc) is 1.61. The standard InChI is InChI=1S/C5H7.W/c1-3-5-4-2;/h1,3-5H,2H3;. The van der Waals surface area contributed by atoms with Crippen LogP contribution in [0.2, 0.25) is 0 Å². The molecular weight excluding hydrogens is 244 g/mol. The van der Waals surface area contributed by atoms with Gasteiger partial charge in [-0.1, -0.05) is 0 Å². The molecule has 0 spiro atoms. The molecule has 1 heteroatoms. The first kappa shape index (κ1) is 6.17. The molecule has 0 bridgehead atoms. The normalized spacial score (nSPS) is 11.5. The quantitative estimate of drug-likeness (QED) is 0.621. The van der Waals surface area contributed by atoms with E-state index in [1.165, 1.54) is 19.8 Å². The Kier molecular flexibility index (Phi) is 5.31. The number of hydrogen-bond acceptors (Lipinski definition) is 0. The van der Waals surface area contributed by atoms with Crippen LogP contribution < -0.4 is 0 Å². The van der Waals surface area contributed by atoms with Crippen LogP contribution >= 0.6 is 0 Å². The Bertz CT molecular complexity index is 52.3. The van der Waals surface area contributed by atoms with Crippen molar-refractivity contribution in [2.75, 3.05) is 0 Å². The van der Waals surface area contributed by atoms with Gasteiger partial charge in [-0.3, -0.25) is 0 Å². The number of hydrogen-bond donors (Lipinski definition) is 0. The second kappa shape index (κ2) is 5.17. The first-order chi connectivity index (χ1) is 2.91. The zero-order valence-electron chi connectivity index (χ0n) is 3.72. The SMILES string of the molecule is CC=CC=[CH][W]. The molecule has 0 aromatic rings. The molecule has 0 aromatic carbocycles. The van der Waals surface area contributed by atoms with Crippen LogP contribution in [0.5, 0.6) is 0 Å². The summed E-state index contributed by atoms with van der Waals surface area (Å²) in [5.41, 5.74) is 0. The third kappa shape index (κ3) is 4.17. The van der Waals surface area contributed by atoms with Crippen molar-refractivity contribution in [2.45, 2.75) is 6.92 Å². The van der Waals surface area contributed by atoms with Crippen molar-refractivity contribution in [3.05, 3.63) is 22.7 Å². The van der Waals surface area contributed by atoms with Gasteiger partial charge in [-0.15, -0.1) is 0 Å². The Hall–Kier alpha value is 0.168. The van der Waals surface area contributed by atoms with Gasteiger partial charge in [0.25, 0.3) is 0 Å². The predicted octanol–water partition coefficient (Wildman–Crippen LogP) is 1.62. The molecule has 0 nitrogen and oxygen atoms in total. The fourth-order valence-corrected chi connectivity index (χ4v) is 0.482. The fraction of sp³-hybridized carbons (Fsp3) is 0.200. The van der Waals surface area contributed by atoms with E-state index in [9.17, 15) is 0 Å². The van der Waals surface area contributed by atoms with Crippen molar-refractivity contribution in [1.82, 2.24) is 0 Å². The molecule has 0 atom stereocenters. The number of allylic oxidation sites excluding steroid dienone is 3. The third-order valence-corrected chi connectivity index (χ3v) is 0.947. The van der Waals surface area contributed by atoms with Gasteiger partial charge in [0.1, 0.15) is 0 Å². The maximum atomic E-state index is 2.08. The van der Waals surface area contributed by atoms with Gasteiger partial charge in [0.15, 0.2) is 0 Å². The molecule has 0 fully saturated rings. The minimum atomic E-state index is 1.50. The molecular formula is C5H7W. The fourth-order valence-electron chi connectivity index (χ4n) is 0.156. The van der Waals surface area contributed by atoms with E-state index in [0.29, 0.717) is 0 Å². The van der Waals surface area contributed by atoms with Crippen molar-refractivity contribution in [1.29, 1.82) is 0 Å². The van der Waals surface area contributed by atoms with E-state index in [1.807, 2.05) is 25.2 Å². The Morgan fingerprint density at radius 3 is 2.17 bits per heavy atom. The molecule has 0 rings (SSSR count). The molecule has 33 valence electrons. The topological polar surface area (TPSA) is 0 Å². The van der Waals surface area contributed by atoms with Crippen molar-refractivity contribution in [2.24, 2.45) is 0 Å². The van der Waals surface area contributed by atoms with E-state index in [2.05, 4.69) is 4.47 Å². The van der Waals surface area contributed by atoms with E-state index in [0.717, 1.165) is 0 Å². The first-order valence-corrected chi connectivity index (χ1v) is 3.51. The Morgan fingerprint density at radius 1 is 1.33 bits per heavy atom. The molecule has 0 radical (unpaired) electrons. The molecule has 0 aliphatic carbocycles. The second-order valence-electron chi connectivity index (χ2n) is 0.854. The Morgan fingerprint density at radius 2 is 2.00 bits per heavy atom. The minimum absolute atomic E-state index is 1.50. The van der Waals surface area contributed by atoms with Gasteiger partial charge in [-0.25, -0.2) is 0 Å². The first-order valence-electron chi connectivity index (χ1n) is 1.81. The molecule has 0 aliphatic heterocycles. The van der Waals surface area contributed by atoms with E-state index >= 15 is 0 Å². The summed E-state index contributed by atoms with van der Waals surface area (Å²) in [6, 6.07) is 0. The van der Waals surface area contributed by atoms with Crippen molar-refractivity contribution in [3.8, 4) is 0 Å². The summed E-state index contributed by atoms with van der Waals surface area (Å²) in [5.74, 6) is 0. The molecule has 0 aromatic heterocycles. The second-order valence-corrected chi connectivity index (χ2v) is 1.83. The summed E-state index contributed by atoms with van der Waals surface area (Å²) in [6.07, 6.45) is 6.07. The van der Waals surface area contributed by atoms with Crippen molar-refractivity contribution >= 4 is 0 Å². The van der Waals surface area contributed by atoms with E-state index < -0.39 is 0 Å². The van der Waals surface area contributed by atoms with E-state index in [1.54, 1.807) is 0 Å². The van der Waals surface area contributed by atoms with Crippen molar-refractivity contribution < 1.29 is 19.8 Å². The molecule has 0 saturated heterocycles. The van der Waals surface area contributed by atoms with Crippen LogP contribution in [0.1, 0.15) is 6.92 Å². The van der Waals surface area contributed by atoms with Gasteiger partial charge in [0.05, 0.1) is 0 Å². The number of rotatable bonds is 1. The molecule has 0 unspecified atom stereocenters. The summed E-state index contributed by atoms with van der Waals surface area (Å²) < 4.78 is 2.08. The maximum absolute atomic E-state index is 2.08. The van der Waals surface area contributed by atoms with Crippen LogP contribution in [0.25, 0.3) is 0 Å². The predicted molar refractivity (Wildman–Crippen MR) is 24.0 cm³/mol. The molecule has 0 heterocycles. The molecule has 0 saturated carbocycles. The zero-order valence-corrected chi connectivity index (χ0v) is 6.65. The van der Waals surface area contributed by atoms with Crippen LogP contribution in [-0.2, 0) is 19.8 Å². The molecule has 6 heavy (non-hydrogen) atoms. The third-order valence-electron chi connectivity index (χ3n) is 0.382. The molecule has 0 N–H and O–H groups in total.